The van der Waals surface area contributed by atoms with Gasteiger partial charge in [-0.2, -0.15) is 5.10 Å². The quantitative estimate of drug-likeness (QED) is 0.750. The summed E-state index contributed by atoms with van der Waals surface area (Å²) in [6, 6.07) is 2.82. The first kappa shape index (κ1) is 12.6. The van der Waals surface area contributed by atoms with Crippen LogP contribution in [-0.2, 0) is 13.1 Å². The minimum atomic E-state index is 0.687. The molecule has 1 heterocycles. The molecule has 1 saturated carbocycles. The second-order valence-corrected chi connectivity index (χ2v) is 5.21. The third-order valence-electron chi connectivity index (χ3n) is 3.62. The molecule has 0 aromatic carbocycles. The molecule has 96 valence electrons. The van der Waals surface area contributed by atoms with Crippen LogP contribution in [0.5, 0.6) is 0 Å². The standard InChI is InChI=1S/C14H25N3/c1-3-9-17-14(7-8-16-17)11-15-13(4-2)10-12-5-6-12/h7-8,12-13,15H,3-6,9-11H2,1-2H3. The maximum atomic E-state index is 4.36. The molecule has 0 aliphatic heterocycles. The fourth-order valence-electron chi connectivity index (χ4n) is 2.32. The van der Waals surface area contributed by atoms with E-state index in [1.165, 1.54) is 31.4 Å². The van der Waals surface area contributed by atoms with Gasteiger partial charge in [-0.15, -0.1) is 0 Å². The van der Waals surface area contributed by atoms with Crippen molar-refractivity contribution in [1.82, 2.24) is 15.1 Å². The van der Waals surface area contributed by atoms with Crippen LogP contribution in [0.15, 0.2) is 12.3 Å². The molecule has 0 amide bonds. The van der Waals surface area contributed by atoms with Gasteiger partial charge in [0.2, 0.25) is 0 Å². The highest BCUT2D eigenvalue weighted by Crippen LogP contribution is 2.34. The van der Waals surface area contributed by atoms with Crippen molar-refractivity contribution in [3.05, 3.63) is 18.0 Å². The highest BCUT2D eigenvalue weighted by Gasteiger charge is 2.24. The first-order chi connectivity index (χ1) is 8.33. The van der Waals surface area contributed by atoms with Gasteiger partial charge in [0, 0.05) is 25.3 Å². The third kappa shape index (κ3) is 3.84. The normalized spacial score (nSPS) is 17.3. The summed E-state index contributed by atoms with van der Waals surface area (Å²) in [5.74, 6) is 1.01. The Bertz CT molecular complexity index is 328. The molecule has 1 fully saturated rings. The summed E-state index contributed by atoms with van der Waals surface area (Å²) in [5, 5.41) is 8.04. The zero-order valence-corrected chi connectivity index (χ0v) is 11.2. The predicted molar refractivity (Wildman–Crippen MR) is 70.8 cm³/mol. The van der Waals surface area contributed by atoms with E-state index in [2.05, 4.69) is 35.0 Å². The summed E-state index contributed by atoms with van der Waals surface area (Å²) in [6.07, 6.45) is 8.55. The smallest absolute Gasteiger partial charge is 0.0522 e. The molecule has 2 rings (SSSR count). The van der Waals surface area contributed by atoms with Crippen LogP contribution in [0.25, 0.3) is 0 Å². The van der Waals surface area contributed by atoms with Crippen molar-refractivity contribution >= 4 is 0 Å². The highest BCUT2D eigenvalue weighted by molar-refractivity contribution is 5.00. The zero-order chi connectivity index (χ0) is 12.1. The second-order valence-electron chi connectivity index (χ2n) is 5.21. The van der Waals surface area contributed by atoms with E-state index < -0.39 is 0 Å². The molecule has 1 aliphatic carbocycles. The molecule has 1 aromatic rings. The number of rotatable bonds is 8. The summed E-state index contributed by atoms with van der Waals surface area (Å²) in [7, 11) is 0. The molecular weight excluding hydrogens is 210 g/mol. The maximum absolute atomic E-state index is 4.36. The molecule has 1 aromatic heterocycles. The SMILES string of the molecule is CCCn1nccc1CNC(CC)CC1CC1. The van der Waals surface area contributed by atoms with Gasteiger partial charge in [-0.3, -0.25) is 4.68 Å². The zero-order valence-electron chi connectivity index (χ0n) is 11.2. The van der Waals surface area contributed by atoms with Gasteiger partial charge in [0.1, 0.15) is 0 Å². The van der Waals surface area contributed by atoms with Gasteiger partial charge in [0.05, 0.1) is 5.69 Å². The summed E-state index contributed by atoms with van der Waals surface area (Å²) in [6.45, 7) is 6.47. The van der Waals surface area contributed by atoms with E-state index in [1.807, 2.05) is 6.20 Å². The molecule has 17 heavy (non-hydrogen) atoms. The lowest BCUT2D eigenvalue weighted by Crippen LogP contribution is -2.29. The maximum Gasteiger partial charge on any atom is 0.0522 e. The Morgan fingerprint density at radius 2 is 2.29 bits per heavy atom. The van der Waals surface area contributed by atoms with Gasteiger partial charge in [0.15, 0.2) is 0 Å². The van der Waals surface area contributed by atoms with Gasteiger partial charge in [-0.05, 0) is 31.2 Å². The van der Waals surface area contributed by atoms with Crippen LogP contribution in [-0.4, -0.2) is 15.8 Å². The van der Waals surface area contributed by atoms with Crippen LogP contribution in [0, 0.1) is 5.92 Å². The minimum Gasteiger partial charge on any atom is -0.308 e. The van der Waals surface area contributed by atoms with Gasteiger partial charge in [0.25, 0.3) is 0 Å². The van der Waals surface area contributed by atoms with Crippen molar-refractivity contribution in [2.45, 2.75) is 65.1 Å². The van der Waals surface area contributed by atoms with E-state index in [4.69, 9.17) is 0 Å². The lowest BCUT2D eigenvalue weighted by atomic mass is 10.1. The molecular formula is C14H25N3. The van der Waals surface area contributed by atoms with Crippen LogP contribution in [0.1, 0.15) is 51.6 Å². The molecule has 1 unspecified atom stereocenters. The Morgan fingerprint density at radius 1 is 1.47 bits per heavy atom. The van der Waals surface area contributed by atoms with Crippen molar-refractivity contribution in [1.29, 1.82) is 0 Å². The molecule has 1 N–H and O–H groups in total. The van der Waals surface area contributed by atoms with Crippen LogP contribution < -0.4 is 5.32 Å². The fraction of sp³-hybridized carbons (Fsp3) is 0.786. The van der Waals surface area contributed by atoms with Gasteiger partial charge >= 0.3 is 0 Å². The van der Waals surface area contributed by atoms with Crippen molar-refractivity contribution in [2.75, 3.05) is 0 Å². The van der Waals surface area contributed by atoms with Gasteiger partial charge in [-0.25, -0.2) is 0 Å². The van der Waals surface area contributed by atoms with E-state index in [9.17, 15) is 0 Å². The molecule has 0 radical (unpaired) electrons. The largest absolute Gasteiger partial charge is 0.308 e. The molecule has 3 nitrogen and oxygen atoms in total. The molecule has 3 heteroatoms. The number of aryl methyl sites for hydroxylation is 1. The lowest BCUT2D eigenvalue weighted by Gasteiger charge is -2.17. The van der Waals surface area contributed by atoms with Crippen LogP contribution >= 0.6 is 0 Å². The number of hydrogen-bond donors (Lipinski definition) is 1. The molecule has 0 spiro atoms. The number of hydrogen-bond acceptors (Lipinski definition) is 2. The van der Waals surface area contributed by atoms with E-state index in [0.717, 1.165) is 25.4 Å². The van der Waals surface area contributed by atoms with Crippen molar-refractivity contribution in [2.24, 2.45) is 5.92 Å². The Balaban J connectivity index is 1.80. The van der Waals surface area contributed by atoms with E-state index in [0.29, 0.717) is 6.04 Å². The van der Waals surface area contributed by atoms with Crippen LogP contribution in [0.2, 0.25) is 0 Å². The summed E-state index contributed by atoms with van der Waals surface area (Å²) in [5.41, 5.74) is 1.32. The van der Waals surface area contributed by atoms with E-state index >= 15 is 0 Å². The van der Waals surface area contributed by atoms with Gasteiger partial charge < -0.3 is 5.32 Å². The Hall–Kier alpha value is -0.830. The molecule has 1 atom stereocenters. The number of nitrogens with zero attached hydrogens (tertiary/aromatic N) is 2. The molecule has 0 saturated heterocycles. The summed E-state index contributed by atoms with van der Waals surface area (Å²) in [4.78, 5) is 0. The Morgan fingerprint density at radius 3 is 2.94 bits per heavy atom. The van der Waals surface area contributed by atoms with E-state index in [-0.39, 0.29) is 0 Å². The van der Waals surface area contributed by atoms with Crippen LogP contribution in [0.4, 0.5) is 0 Å². The fourth-order valence-corrected chi connectivity index (χ4v) is 2.32. The van der Waals surface area contributed by atoms with E-state index in [1.54, 1.807) is 0 Å². The second kappa shape index (κ2) is 6.20. The molecule has 0 bridgehead atoms. The highest BCUT2D eigenvalue weighted by atomic mass is 15.3. The first-order valence-corrected chi connectivity index (χ1v) is 7.07. The molecule has 1 aliphatic rings. The number of aromatic nitrogens is 2. The van der Waals surface area contributed by atoms with Crippen LogP contribution in [0.3, 0.4) is 0 Å². The first-order valence-electron chi connectivity index (χ1n) is 7.07. The summed E-state index contributed by atoms with van der Waals surface area (Å²) >= 11 is 0. The minimum absolute atomic E-state index is 0.687. The summed E-state index contributed by atoms with van der Waals surface area (Å²) < 4.78 is 2.12. The lowest BCUT2D eigenvalue weighted by molar-refractivity contribution is 0.432. The van der Waals surface area contributed by atoms with Gasteiger partial charge in [-0.1, -0.05) is 26.7 Å². The third-order valence-corrected chi connectivity index (χ3v) is 3.62. The Kier molecular flexibility index (Phi) is 4.60. The predicted octanol–water partition coefficient (Wildman–Crippen LogP) is 2.96. The van der Waals surface area contributed by atoms with Crippen molar-refractivity contribution in [3.63, 3.8) is 0 Å². The number of nitrogens with one attached hydrogen (secondary N) is 1. The average molecular weight is 235 g/mol. The topological polar surface area (TPSA) is 29.9 Å². The Labute approximate surface area is 105 Å². The monoisotopic (exact) mass is 235 g/mol. The van der Waals surface area contributed by atoms with Crippen molar-refractivity contribution in [3.8, 4) is 0 Å². The average Bonchev–Trinajstić information content (AvgIpc) is 3.05. The van der Waals surface area contributed by atoms with Crippen molar-refractivity contribution < 1.29 is 0 Å².